The van der Waals surface area contributed by atoms with Crippen molar-refractivity contribution < 1.29 is 28.5 Å². The normalized spacial score (nSPS) is 21.0. The van der Waals surface area contributed by atoms with Gasteiger partial charge in [-0.25, -0.2) is 4.79 Å². The van der Waals surface area contributed by atoms with Crippen LogP contribution in [-0.2, 0) is 48.3 Å². The summed E-state index contributed by atoms with van der Waals surface area (Å²) in [5.41, 5.74) is 3.15. The van der Waals surface area contributed by atoms with Crippen LogP contribution in [0, 0.1) is 0 Å². The van der Waals surface area contributed by atoms with Crippen LogP contribution in [0.1, 0.15) is 23.6 Å². The van der Waals surface area contributed by atoms with Crippen LogP contribution in [0.5, 0.6) is 0 Å². The number of rotatable bonds is 13. The molecule has 4 rings (SSSR count). The lowest BCUT2D eigenvalue weighted by atomic mass is 9.95. The highest BCUT2D eigenvalue weighted by Crippen LogP contribution is 2.27. The van der Waals surface area contributed by atoms with Crippen molar-refractivity contribution in [1.29, 1.82) is 0 Å². The van der Waals surface area contributed by atoms with Gasteiger partial charge < -0.3 is 23.7 Å². The summed E-state index contributed by atoms with van der Waals surface area (Å²) >= 11 is 0. The van der Waals surface area contributed by atoms with Gasteiger partial charge in [-0.15, -0.1) is 0 Å². The van der Waals surface area contributed by atoms with Gasteiger partial charge in [0.2, 0.25) is 0 Å². The number of hydrogen-bond acceptors (Lipinski definition) is 6. The monoisotopic (exact) mass is 502 g/mol. The van der Waals surface area contributed by atoms with Crippen LogP contribution in [-0.4, -0.2) is 43.6 Å². The van der Waals surface area contributed by atoms with E-state index in [0.717, 1.165) is 16.7 Å². The number of ether oxygens (including phenoxy) is 5. The maximum atomic E-state index is 12.0. The summed E-state index contributed by atoms with van der Waals surface area (Å²) in [4.78, 5) is 12.0. The Balaban J connectivity index is 1.54. The smallest absolute Gasteiger partial charge is 0.332 e. The van der Waals surface area contributed by atoms with Gasteiger partial charge in [-0.1, -0.05) is 103 Å². The Morgan fingerprint density at radius 2 is 1.00 bits per heavy atom. The summed E-state index contributed by atoms with van der Waals surface area (Å²) in [6.45, 7) is 3.09. The van der Waals surface area contributed by atoms with E-state index in [4.69, 9.17) is 23.7 Å². The molecule has 4 atom stereocenters. The molecule has 0 bridgehead atoms. The zero-order valence-electron chi connectivity index (χ0n) is 21.1. The van der Waals surface area contributed by atoms with Gasteiger partial charge in [0.25, 0.3) is 0 Å². The second-order valence-electron chi connectivity index (χ2n) is 8.75. The van der Waals surface area contributed by atoms with E-state index in [1.54, 1.807) is 6.92 Å². The number of benzene rings is 3. The van der Waals surface area contributed by atoms with Crippen molar-refractivity contribution in [3.05, 3.63) is 120 Å². The molecule has 0 N–H and O–H groups in total. The van der Waals surface area contributed by atoms with Crippen molar-refractivity contribution in [3.8, 4) is 0 Å². The van der Waals surface area contributed by atoms with Crippen LogP contribution in [0.2, 0.25) is 0 Å². The van der Waals surface area contributed by atoms with Crippen molar-refractivity contribution >= 4 is 5.97 Å². The Morgan fingerprint density at radius 3 is 1.43 bits per heavy atom. The van der Waals surface area contributed by atoms with Crippen LogP contribution in [0.4, 0.5) is 0 Å². The van der Waals surface area contributed by atoms with E-state index in [1.807, 2.05) is 103 Å². The quantitative estimate of drug-likeness (QED) is 0.235. The Morgan fingerprint density at radius 1 is 0.595 bits per heavy atom. The van der Waals surface area contributed by atoms with Gasteiger partial charge in [-0.3, -0.25) is 0 Å². The summed E-state index contributed by atoms with van der Waals surface area (Å²) < 4.78 is 30.2. The highest BCUT2D eigenvalue weighted by atomic mass is 16.6. The van der Waals surface area contributed by atoms with E-state index in [-0.39, 0.29) is 12.7 Å². The molecule has 0 saturated carbocycles. The highest BCUT2D eigenvalue weighted by molar-refractivity contribution is 5.70. The Kier molecular flexibility index (Phi) is 10.5. The minimum Gasteiger partial charge on any atom is -0.464 e. The first kappa shape index (κ1) is 26.8. The minimum absolute atomic E-state index is 0.172. The molecule has 0 aromatic heterocycles. The fourth-order valence-corrected chi connectivity index (χ4v) is 4.16. The Hall–Kier alpha value is -3.29. The molecule has 0 spiro atoms. The fraction of sp³-hybridized carbons (Fsp3) is 0.323. The lowest BCUT2D eigenvalue weighted by Crippen LogP contribution is -2.51. The van der Waals surface area contributed by atoms with E-state index in [1.165, 1.54) is 0 Å². The standard InChI is InChI=1S/C31H34O6/c1-2-33-29(32)23-35-28-19-18-27(34-20-24-12-6-3-7-13-24)30(36-21-25-14-8-4-9-15-25)31(28)37-22-26-16-10-5-11-17-26/h3-19,27-28,30-31H,2,20-23H2,1H3/t27-,28-,30+,31+/m0/s1. The zero-order valence-corrected chi connectivity index (χ0v) is 21.1. The third kappa shape index (κ3) is 8.37. The first-order valence-electron chi connectivity index (χ1n) is 12.6. The van der Waals surface area contributed by atoms with Gasteiger partial charge in [0.05, 0.1) is 26.4 Å². The van der Waals surface area contributed by atoms with E-state index in [0.29, 0.717) is 26.4 Å². The van der Waals surface area contributed by atoms with Crippen molar-refractivity contribution in [2.45, 2.75) is 51.2 Å². The van der Waals surface area contributed by atoms with Crippen molar-refractivity contribution in [3.63, 3.8) is 0 Å². The summed E-state index contributed by atoms with van der Waals surface area (Å²) in [7, 11) is 0. The molecule has 1 aliphatic carbocycles. The van der Waals surface area contributed by atoms with Crippen LogP contribution in [0.25, 0.3) is 0 Å². The first-order valence-corrected chi connectivity index (χ1v) is 12.6. The predicted molar refractivity (Wildman–Crippen MR) is 141 cm³/mol. The van der Waals surface area contributed by atoms with Gasteiger partial charge in [0, 0.05) is 0 Å². The molecule has 0 heterocycles. The number of carbonyl (C=O) groups excluding carboxylic acids is 1. The van der Waals surface area contributed by atoms with E-state index in [2.05, 4.69) is 0 Å². The van der Waals surface area contributed by atoms with Crippen molar-refractivity contribution in [2.24, 2.45) is 0 Å². The van der Waals surface area contributed by atoms with Crippen molar-refractivity contribution in [1.82, 2.24) is 0 Å². The molecule has 6 heteroatoms. The predicted octanol–water partition coefficient (Wildman–Crippen LogP) is 5.26. The molecule has 0 unspecified atom stereocenters. The average molecular weight is 503 g/mol. The average Bonchev–Trinajstić information content (AvgIpc) is 2.95. The van der Waals surface area contributed by atoms with Gasteiger partial charge in [0.1, 0.15) is 31.0 Å². The number of carbonyl (C=O) groups is 1. The summed E-state index contributed by atoms with van der Waals surface area (Å²) in [5.74, 6) is -0.415. The molecule has 0 saturated heterocycles. The summed E-state index contributed by atoms with van der Waals surface area (Å²) in [6.07, 6.45) is 1.98. The SMILES string of the molecule is CCOC(=O)CO[C@H]1C=C[C@H](OCc2ccccc2)[C@@H](OCc2ccccc2)[C@@H]1OCc1ccccc1. The molecule has 1 aliphatic rings. The maximum absolute atomic E-state index is 12.0. The second-order valence-corrected chi connectivity index (χ2v) is 8.75. The second kappa shape index (κ2) is 14.4. The summed E-state index contributed by atoms with van der Waals surface area (Å²) in [5, 5.41) is 0. The molecule has 3 aromatic rings. The molecular formula is C31H34O6. The fourth-order valence-electron chi connectivity index (χ4n) is 4.16. The molecule has 37 heavy (non-hydrogen) atoms. The van der Waals surface area contributed by atoms with Crippen LogP contribution < -0.4 is 0 Å². The molecule has 194 valence electrons. The van der Waals surface area contributed by atoms with Gasteiger partial charge >= 0.3 is 5.97 Å². The Labute approximate surface area is 218 Å². The maximum Gasteiger partial charge on any atom is 0.332 e. The molecule has 6 nitrogen and oxygen atoms in total. The third-order valence-electron chi connectivity index (χ3n) is 6.02. The lowest BCUT2D eigenvalue weighted by Gasteiger charge is -2.38. The van der Waals surface area contributed by atoms with Crippen molar-refractivity contribution in [2.75, 3.05) is 13.2 Å². The first-order chi connectivity index (χ1) is 18.2. The largest absolute Gasteiger partial charge is 0.464 e. The van der Waals surface area contributed by atoms with E-state index in [9.17, 15) is 4.79 Å². The molecule has 0 aliphatic heterocycles. The van der Waals surface area contributed by atoms with Crippen LogP contribution in [0.3, 0.4) is 0 Å². The molecule has 3 aromatic carbocycles. The van der Waals surface area contributed by atoms with Crippen LogP contribution >= 0.6 is 0 Å². The number of esters is 1. The Bertz CT molecular complexity index is 1090. The van der Waals surface area contributed by atoms with Gasteiger partial charge in [-0.05, 0) is 23.6 Å². The molecule has 0 radical (unpaired) electrons. The summed E-state index contributed by atoms with van der Waals surface area (Å²) in [6, 6.07) is 29.9. The van der Waals surface area contributed by atoms with Gasteiger partial charge in [0.15, 0.2) is 0 Å². The zero-order chi connectivity index (χ0) is 25.7. The van der Waals surface area contributed by atoms with Gasteiger partial charge in [-0.2, -0.15) is 0 Å². The highest BCUT2D eigenvalue weighted by Gasteiger charge is 2.40. The molecule has 0 fully saturated rings. The molecule has 0 amide bonds. The van der Waals surface area contributed by atoms with E-state index < -0.39 is 24.3 Å². The minimum atomic E-state index is -0.510. The number of hydrogen-bond donors (Lipinski definition) is 0. The lowest BCUT2D eigenvalue weighted by molar-refractivity contribution is -0.182. The van der Waals surface area contributed by atoms with Crippen LogP contribution in [0.15, 0.2) is 103 Å². The van der Waals surface area contributed by atoms with E-state index >= 15 is 0 Å². The third-order valence-corrected chi connectivity index (χ3v) is 6.02. The topological polar surface area (TPSA) is 63.2 Å². The molecular weight excluding hydrogens is 468 g/mol.